The smallest absolute Gasteiger partial charge is 0.255 e. The van der Waals surface area contributed by atoms with Crippen molar-refractivity contribution < 1.29 is 4.79 Å². The van der Waals surface area contributed by atoms with E-state index >= 15 is 0 Å². The molecule has 5 rings (SSSR count). The summed E-state index contributed by atoms with van der Waals surface area (Å²) in [5.74, 6) is -0.0267. The number of hydrogen-bond acceptors (Lipinski definition) is 4. The first-order chi connectivity index (χ1) is 12.8. The fourth-order valence-electron chi connectivity index (χ4n) is 3.34. The van der Waals surface area contributed by atoms with Crippen molar-refractivity contribution in [3.05, 3.63) is 72.7 Å². The van der Waals surface area contributed by atoms with Crippen LogP contribution in [0.25, 0.3) is 16.9 Å². The molecule has 3 aromatic heterocycles. The molecule has 128 valence electrons. The van der Waals surface area contributed by atoms with E-state index in [4.69, 9.17) is 0 Å². The molecule has 7 nitrogen and oxygen atoms in total. The van der Waals surface area contributed by atoms with E-state index in [0.29, 0.717) is 24.2 Å². The number of rotatable bonds is 2. The molecule has 0 atom stereocenters. The number of fused-ring (bicyclic) bond motifs is 2. The Morgan fingerprint density at radius 2 is 1.88 bits per heavy atom. The minimum absolute atomic E-state index is 0.0267. The van der Waals surface area contributed by atoms with Gasteiger partial charge in [0.2, 0.25) is 0 Å². The summed E-state index contributed by atoms with van der Waals surface area (Å²) in [6.07, 6.45) is 6.99. The van der Waals surface area contributed by atoms with Crippen LogP contribution < -0.4 is 0 Å². The third-order valence-corrected chi connectivity index (χ3v) is 4.72. The van der Waals surface area contributed by atoms with E-state index in [1.165, 1.54) is 0 Å². The van der Waals surface area contributed by atoms with Gasteiger partial charge in [-0.05, 0) is 18.2 Å². The van der Waals surface area contributed by atoms with E-state index in [1.54, 1.807) is 18.9 Å². The summed E-state index contributed by atoms with van der Waals surface area (Å²) in [5, 5.41) is 0. The lowest BCUT2D eigenvalue weighted by atomic mass is 10.2. The molecular formula is C19H16N6O. The van der Waals surface area contributed by atoms with Crippen LogP contribution in [0.5, 0.6) is 0 Å². The molecule has 26 heavy (non-hydrogen) atoms. The van der Waals surface area contributed by atoms with Crippen molar-refractivity contribution in [2.24, 2.45) is 0 Å². The van der Waals surface area contributed by atoms with Gasteiger partial charge >= 0.3 is 0 Å². The lowest BCUT2D eigenvalue weighted by molar-refractivity contribution is 0.0711. The topological polar surface area (TPSA) is 68.8 Å². The molecule has 1 aromatic carbocycles. The number of amides is 1. The van der Waals surface area contributed by atoms with Gasteiger partial charge in [-0.2, -0.15) is 0 Å². The third kappa shape index (κ3) is 2.36. The van der Waals surface area contributed by atoms with Gasteiger partial charge in [0.1, 0.15) is 11.8 Å². The summed E-state index contributed by atoms with van der Waals surface area (Å²) in [4.78, 5) is 27.8. The molecule has 0 saturated heterocycles. The average Bonchev–Trinajstić information content (AvgIpc) is 3.33. The van der Waals surface area contributed by atoms with Crippen LogP contribution in [0.1, 0.15) is 16.1 Å². The number of carbonyl (C=O) groups excluding carboxylic acids is 1. The van der Waals surface area contributed by atoms with Crippen molar-refractivity contribution in [1.29, 1.82) is 0 Å². The lowest BCUT2D eigenvalue weighted by Crippen LogP contribution is -2.37. The van der Waals surface area contributed by atoms with Gasteiger partial charge in [-0.3, -0.25) is 9.36 Å². The van der Waals surface area contributed by atoms with E-state index in [1.807, 2.05) is 52.1 Å². The van der Waals surface area contributed by atoms with Crippen LogP contribution in [0.4, 0.5) is 0 Å². The van der Waals surface area contributed by atoms with Gasteiger partial charge in [-0.15, -0.1) is 0 Å². The second-order valence-corrected chi connectivity index (χ2v) is 6.32. The molecule has 4 heterocycles. The van der Waals surface area contributed by atoms with Crippen LogP contribution in [0.15, 0.2) is 61.4 Å². The highest BCUT2D eigenvalue weighted by molar-refractivity contribution is 5.96. The number of carbonyl (C=O) groups is 1. The predicted octanol–water partition coefficient (Wildman–Crippen LogP) is 2.27. The van der Waals surface area contributed by atoms with Crippen molar-refractivity contribution >= 4 is 17.1 Å². The molecule has 4 aromatic rings. The van der Waals surface area contributed by atoms with Crippen molar-refractivity contribution in [3.8, 4) is 5.69 Å². The third-order valence-electron chi connectivity index (χ3n) is 4.72. The number of benzene rings is 1. The van der Waals surface area contributed by atoms with Crippen LogP contribution in [0.3, 0.4) is 0 Å². The molecule has 0 bridgehead atoms. The first kappa shape index (κ1) is 14.8. The lowest BCUT2D eigenvalue weighted by Gasteiger charge is -2.28. The molecular weight excluding hydrogens is 328 g/mol. The standard InChI is InChI=1S/C19H16N6O/c26-19(23-6-7-24-12-20-10-16(24)11-23)14-8-17-18(21-9-14)25(13-22-17)15-4-2-1-3-5-15/h1-5,8-10,12-13H,6-7,11H2. The molecule has 1 aliphatic rings. The molecule has 0 N–H and O–H groups in total. The summed E-state index contributed by atoms with van der Waals surface area (Å²) in [6, 6.07) is 11.7. The fourth-order valence-corrected chi connectivity index (χ4v) is 3.34. The highest BCUT2D eigenvalue weighted by Crippen LogP contribution is 2.19. The Labute approximate surface area is 149 Å². The SMILES string of the molecule is O=C(c1cnc2c(c1)ncn2-c1ccccc1)N1CCn2cncc2C1. The van der Waals surface area contributed by atoms with Crippen LogP contribution in [0.2, 0.25) is 0 Å². The van der Waals surface area contributed by atoms with Crippen molar-refractivity contribution in [3.63, 3.8) is 0 Å². The Balaban J connectivity index is 1.46. The van der Waals surface area contributed by atoms with Crippen LogP contribution in [-0.2, 0) is 13.1 Å². The highest BCUT2D eigenvalue weighted by atomic mass is 16.2. The Kier molecular flexibility index (Phi) is 3.31. The molecule has 7 heteroatoms. The zero-order chi connectivity index (χ0) is 17.5. The molecule has 0 spiro atoms. The van der Waals surface area contributed by atoms with Gasteiger partial charge in [0.05, 0.1) is 24.1 Å². The van der Waals surface area contributed by atoms with Gasteiger partial charge in [-0.1, -0.05) is 18.2 Å². The minimum Gasteiger partial charge on any atom is -0.331 e. The number of hydrogen-bond donors (Lipinski definition) is 0. The van der Waals surface area contributed by atoms with Gasteiger partial charge in [0.25, 0.3) is 5.91 Å². The van der Waals surface area contributed by atoms with Crippen molar-refractivity contribution in [1.82, 2.24) is 29.0 Å². The van der Waals surface area contributed by atoms with Crippen LogP contribution in [0, 0.1) is 0 Å². The van der Waals surface area contributed by atoms with Gasteiger partial charge in [-0.25, -0.2) is 15.0 Å². The van der Waals surface area contributed by atoms with E-state index in [2.05, 4.69) is 19.5 Å². The monoisotopic (exact) mass is 344 g/mol. The molecule has 0 unspecified atom stereocenters. The highest BCUT2D eigenvalue weighted by Gasteiger charge is 2.22. The summed E-state index contributed by atoms with van der Waals surface area (Å²) in [6.45, 7) is 1.99. The van der Waals surface area contributed by atoms with Crippen molar-refractivity contribution in [2.75, 3.05) is 6.54 Å². The van der Waals surface area contributed by atoms with E-state index in [-0.39, 0.29) is 5.91 Å². The summed E-state index contributed by atoms with van der Waals surface area (Å²) in [5.41, 5.74) is 4.05. The van der Waals surface area contributed by atoms with Crippen LogP contribution >= 0.6 is 0 Å². The fraction of sp³-hybridized carbons (Fsp3) is 0.158. The predicted molar refractivity (Wildman–Crippen MR) is 95.8 cm³/mol. The molecule has 0 saturated carbocycles. The minimum atomic E-state index is -0.0267. The second-order valence-electron chi connectivity index (χ2n) is 6.32. The molecule has 1 amide bonds. The zero-order valence-electron chi connectivity index (χ0n) is 14.0. The van der Waals surface area contributed by atoms with E-state index in [9.17, 15) is 4.79 Å². The van der Waals surface area contributed by atoms with Gasteiger partial charge < -0.3 is 9.47 Å². The Morgan fingerprint density at radius 1 is 1.00 bits per heavy atom. The van der Waals surface area contributed by atoms with E-state index in [0.717, 1.165) is 23.6 Å². The number of aromatic nitrogens is 5. The number of imidazole rings is 2. The maximum atomic E-state index is 12.9. The Hall–Kier alpha value is -3.48. The van der Waals surface area contributed by atoms with Gasteiger partial charge in [0.15, 0.2) is 5.65 Å². The number of nitrogens with zero attached hydrogens (tertiary/aromatic N) is 6. The maximum Gasteiger partial charge on any atom is 0.255 e. The first-order valence-electron chi connectivity index (χ1n) is 8.46. The normalized spacial score (nSPS) is 13.8. The second kappa shape index (κ2) is 5.80. The molecule has 1 aliphatic heterocycles. The molecule has 0 radical (unpaired) electrons. The summed E-state index contributed by atoms with van der Waals surface area (Å²) < 4.78 is 4.00. The summed E-state index contributed by atoms with van der Waals surface area (Å²) >= 11 is 0. The largest absolute Gasteiger partial charge is 0.331 e. The first-order valence-corrected chi connectivity index (χ1v) is 8.46. The van der Waals surface area contributed by atoms with Crippen LogP contribution in [-0.4, -0.2) is 41.4 Å². The quantitative estimate of drug-likeness (QED) is 0.559. The Bertz CT molecular complexity index is 1100. The number of pyridine rings is 1. The van der Waals surface area contributed by atoms with Gasteiger partial charge in [0, 0.05) is 31.2 Å². The number of para-hydroxylation sites is 1. The zero-order valence-corrected chi connectivity index (χ0v) is 14.0. The average molecular weight is 344 g/mol. The molecule has 0 aliphatic carbocycles. The summed E-state index contributed by atoms with van der Waals surface area (Å²) in [7, 11) is 0. The Morgan fingerprint density at radius 3 is 2.77 bits per heavy atom. The van der Waals surface area contributed by atoms with E-state index < -0.39 is 0 Å². The van der Waals surface area contributed by atoms with Crippen molar-refractivity contribution in [2.45, 2.75) is 13.1 Å². The maximum absolute atomic E-state index is 12.9. The molecule has 0 fully saturated rings.